The van der Waals surface area contributed by atoms with E-state index in [-0.39, 0.29) is 18.7 Å². The number of benzene rings is 2. The van der Waals surface area contributed by atoms with Gasteiger partial charge in [0.15, 0.2) is 17.3 Å². The lowest BCUT2D eigenvalue weighted by atomic mass is 10.1. The van der Waals surface area contributed by atoms with Crippen molar-refractivity contribution in [1.29, 1.82) is 0 Å². The number of rotatable bonds is 9. The van der Waals surface area contributed by atoms with Crippen molar-refractivity contribution in [3.05, 3.63) is 83.3 Å². The molecule has 0 saturated carbocycles. The highest BCUT2D eigenvalue weighted by Gasteiger charge is 2.18. The maximum atomic E-state index is 12.4. The first-order valence-electron chi connectivity index (χ1n) is 10.6. The molecule has 1 N–H and O–H groups in total. The van der Waals surface area contributed by atoms with Gasteiger partial charge in [-0.15, -0.1) is 0 Å². The van der Waals surface area contributed by atoms with Gasteiger partial charge >= 0.3 is 0 Å². The van der Waals surface area contributed by atoms with E-state index in [1.165, 1.54) is 5.56 Å². The monoisotopic (exact) mass is 420 g/mol. The van der Waals surface area contributed by atoms with E-state index in [0.29, 0.717) is 18.8 Å². The van der Waals surface area contributed by atoms with E-state index in [0.717, 1.165) is 35.8 Å². The van der Waals surface area contributed by atoms with Crippen LogP contribution in [0.5, 0.6) is 11.5 Å². The Balaban J connectivity index is 1.49. The van der Waals surface area contributed by atoms with Gasteiger partial charge in [0.25, 0.3) is 5.91 Å². The Morgan fingerprint density at radius 1 is 0.968 bits per heavy atom. The first-order valence-corrected chi connectivity index (χ1v) is 10.6. The second-order valence-corrected chi connectivity index (χ2v) is 7.87. The fourth-order valence-electron chi connectivity index (χ4n) is 3.51. The molecule has 1 aromatic heterocycles. The lowest BCUT2D eigenvalue weighted by Gasteiger charge is -2.22. The summed E-state index contributed by atoms with van der Waals surface area (Å²) in [6.07, 6.45) is 0.875. The van der Waals surface area contributed by atoms with Crippen LogP contribution in [-0.2, 0) is 19.6 Å². The van der Waals surface area contributed by atoms with Gasteiger partial charge in [-0.1, -0.05) is 43.3 Å². The molecular formula is C25H28N2O4. The Labute approximate surface area is 182 Å². The molecule has 1 aliphatic heterocycles. The van der Waals surface area contributed by atoms with Gasteiger partial charge in [0, 0.05) is 19.1 Å². The van der Waals surface area contributed by atoms with Crippen LogP contribution in [0.4, 0.5) is 0 Å². The van der Waals surface area contributed by atoms with Gasteiger partial charge in [0.2, 0.25) is 6.79 Å². The van der Waals surface area contributed by atoms with Crippen LogP contribution in [0.15, 0.2) is 65.1 Å². The molecular weight excluding hydrogens is 392 g/mol. The Morgan fingerprint density at radius 2 is 1.74 bits per heavy atom. The summed E-state index contributed by atoms with van der Waals surface area (Å²) in [5.41, 5.74) is 2.34. The third kappa shape index (κ3) is 5.47. The van der Waals surface area contributed by atoms with Gasteiger partial charge in [-0.3, -0.25) is 9.69 Å². The van der Waals surface area contributed by atoms with Crippen LogP contribution >= 0.6 is 0 Å². The van der Waals surface area contributed by atoms with E-state index in [2.05, 4.69) is 28.4 Å². The second kappa shape index (κ2) is 9.71. The molecule has 0 fully saturated rings. The number of hydrogen-bond donors (Lipinski definition) is 1. The Kier molecular flexibility index (Phi) is 6.57. The molecule has 31 heavy (non-hydrogen) atoms. The zero-order valence-electron chi connectivity index (χ0n) is 18.0. The van der Waals surface area contributed by atoms with Crippen molar-refractivity contribution in [2.75, 3.05) is 6.79 Å². The van der Waals surface area contributed by atoms with Crippen molar-refractivity contribution in [2.45, 2.75) is 45.9 Å². The number of ether oxygens (including phenoxy) is 2. The maximum Gasteiger partial charge on any atom is 0.287 e. The molecule has 1 unspecified atom stereocenters. The van der Waals surface area contributed by atoms with Gasteiger partial charge in [0.05, 0.1) is 6.54 Å². The minimum absolute atomic E-state index is 0.113. The summed E-state index contributed by atoms with van der Waals surface area (Å²) >= 11 is 0. The van der Waals surface area contributed by atoms with E-state index in [1.807, 2.05) is 50.2 Å². The topological polar surface area (TPSA) is 63.9 Å². The molecule has 2 heterocycles. The number of fused-ring (bicyclic) bond motifs is 1. The minimum Gasteiger partial charge on any atom is -0.455 e. The maximum absolute atomic E-state index is 12.4. The third-order valence-corrected chi connectivity index (χ3v) is 5.35. The summed E-state index contributed by atoms with van der Waals surface area (Å²) in [4.78, 5) is 14.6. The van der Waals surface area contributed by atoms with Gasteiger partial charge in [-0.25, -0.2) is 0 Å². The Bertz CT molecular complexity index is 1020. The zero-order valence-corrected chi connectivity index (χ0v) is 18.0. The fourth-order valence-corrected chi connectivity index (χ4v) is 3.51. The number of nitrogens with one attached hydrogen (secondary N) is 1. The zero-order chi connectivity index (χ0) is 21.6. The van der Waals surface area contributed by atoms with Crippen LogP contribution in [0.2, 0.25) is 0 Å². The average molecular weight is 421 g/mol. The van der Waals surface area contributed by atoms with E-state index < -0.39 is 0 Å². The van der Waals surface area contributed by atoms with Crippen molar-refractivity contribution in [1.82, 2.24) is 10.2 Å². The third-order valence-electron chi connectivity index (χ3n) is 5.35. The summed E-state index contributed by atoms with van der Waals surface area (Å²) in [6.45, 7) is 6.33. The minimum atomic E-state index is -0.175. The summed E-state index contributed by atoms with van der Waals surface area (Å²) < 4.78 is 16.8. The molecule has 0 saturated heterocycles. The predicted molar refractivity (Wildman–Crippen MR) is 118 cm³/mol. The number of hydrogen-bond acceptors (Lipinski definition) is 5. The second-order valence-electron chi connectivity index (χ2n) is 7.87. The van der Waals surface area contributed by atoms with E-state index >= 15 is 0 Å². The number of amides is 1. The number of furan rings is 1. The van der Waals surface area contributed by atoms with Crippen molar-refractivity contribution in [3.8, 4) is 11.5 Å². The van der Waals surface area contributed by atoms with Crippen LogP contribution in [0.3, 0.4) is 0 Å². The van der Waals surface area contributed by atoms with Crippen LogP contribution in [0.1, 0.15) is 47.7 Å². The SMILES string of the molecule is CCC(C)NC(=O)c1ccc(CN(Cc2ccccc2)Cc2ccc3c(c2)OCO3)o1. The van der Waals surface area contributed by atoms with E-state index in [4.69, 9.17) is 13.9 Å². The average Bonchev–Trinajstić information content (AvgIpc) is 3.43. The van der Waals surface area contributed by atoms with Gasteiger partial charge < -0.3 is 19.2 Å². The molecule has 0 spiro atoms. The highest BCUT2D eigenvalue weighted by molar-refractivity contribution is 5.91. The van der Waals surface area contributed by atoms with Crippen LogP contribution < -0.4 is 14.8 Å². The summed E-state index contributed by atoms with van der Waals surface area (Å²) in [5.74, 6) is 2.48. The molecule has 2 aromatic carbocycles. The Morgan fingerprint density at radius 3 is 2.55 bits per heavy atom. The lowest BCUT2D eigenvalue weighted by Crippen LogP contribution is -2.31. The number of carbonyl (C=O) groups excluding carboxylic acids is 1. The highest BCUT2D eigenvalue weighted by atomic mass is 16.7. The molecule has 6 heteroatoms. The largest absolute Gasteiger partial charge is 0.455 e. The predicted octanol–water partition coefficient (Wildman–Crippen LogP) is 4.74. The molecule has 4 rings (SSSR count). The van der Waals surface area contributed by atoms with Gasteiger partial charge in [-0.2, -0.15) is 0 Å². The molecule has 3 aromatic rings. The molecule has 0 aliphatic carbocycles. The van der Waals surface area contributed by atoms with Crippen LogP contribution in [0, 0.1) is 0 Å². The first-order chi connectivity index (χ1) is 15.1. The molecule has 162 valence electrons. The Hall–Kier alpha value is -3.25. The van der Waals surface area contributed by atoms with Crippen molar-refractivity contribution in [2.24, 2.45) is 0 Å². The van der Waals surface area contributed by atoms with Gasteiger partial charge in [0.1, 0.15) is 5.76 Å². The first kappa shape index (κ1) is 21.0. The highest BCUT2D eigenvalue weighted by Crippen LogP contribution is 2.33. The molecule has 0 bridgehead atoms. The standard InChI is InChI=1S/C25H28N2O4/c1-3-18(2)26-25(28)23-12-10-21(31-23)16-27(14-19-7-5-4-6-8-19)15-20-9-11-22-24(13-20)30-17-29-22/h4-13,18H,3,14-17H2,1-2H3,(H,26,28). The quantitative estimate of drug-likeness (QED) is 0.542. The smallest absolute Gasteiger partial charge is 0.287 e. The summed E-state index contributed by atoms with van der Waals surface area (Å²) in [7, 11) is 0. The number of carbonyl (C=O) groups is 1. The summed E-state index contributed by atoms with van der Waals surface area (Å²) in [5, 5.41) is 2.94. The molecule has 1 amide bonds. The van der Waals surface area contributed by atoms with Crippen LogP contribution in [-0.4, -0.2) is 23.6 Å². The fraction of sp³-hybridized carbons (Fsp3) is 0.320. The molecule has 1 atom stereocenters. The number of nitrogens with zero attached hydrogens (tertiary/aromatic N) is 1. The summed E-state index contributed by atoms with van der Waals surface area (Å²) in [6, 6.07) is 20.1. The van der Waals surface area contributed by atoms with Crippen molar-refractivity contribution >= 4 is 5.91 Å². The van der Waals surface area contributed by atoms with E-state index in [1.54, 1.807) is 6.07 Å². The van der Waals surface area contributed by atoms with Crippen molar-refractivity contribution < 1.29 is 18.7 Å². The van der Waals surface area contributed by atoms with Gasteiger partial charge in [-0.05, 0) is 48.7 Å². The normalized spacial score (nSPS) is 13.4. The van der Waals surface area contributed by atoms with E-state index in [9.17, 15) is 4.79 Å². The van der Waals surface area contributed by atoms with Crippen LogP contribution in [0.25, 0.3) is 0 Å². The molecule has 1 aliphatic rings. The molecule has 0 radical (unpaired) electrons. The lowest BCUT2D eigenvalue weighted by molar-refractivity contribution is 0.0906. The van der Waals surface area contributed by atoms with Crippen molar-refractivity contribution in [3.63, 3.8) is 0 Å². The molecule has 6 nitrogen and oxygen atoms in total.